The molecular weight excluding hydrogens is 425 g/mol. The highest BCUT2D eigenvalue weighted by Crippen LogP contribution is 2.29. The molecule has 0 aliphatic rings. The van der Waals surface area contributed by atoms with E-state index in [1.54, 1.807) is 17.5 Å². The van der Waals surface area contributed by atoms with E-state index >= 15 is 0 Å². The lowest BCUT2D eigenvalue weighted by Crippen LogP contribution is -2.18. The maximum Gasteiger partial charge on any atom is 0.240 e. The average molecular weight is 442 g/mol. The second kappa shape index (κ2) is 7.59. The van der Waals surface area contributed by atoms with Crippen LogP contribution in [0.2, 0.25) is 0 Å². The van der Waals surface area contributed by atoms with Crippen molar-refractivity contribution in [2.24, 2.45) is 0 Å². The van der Waals surface area contributed by atoms with E-state index in [0.29, 0.717) is 16.5 Å². The fourth-order valence-electron chi connectivity index (χ4n) is 2.39. The van der Waals surface area contributed by atoms with Crippen LogP contribution in [-0.4, -0.2) is 35.1 Å². The van der Waals surface area contributed by atoms with Crippen molar-refractivity contribution in [1.82, 2.24) is 9.71 Å². The van der Waals surface area contributed by atoms with Crippen molar-refractivity contribution in [2.45, 2.75) is 9.79 Å². The van der Waals surface area contributed by atoms with Crippen LogP contribution in [0.3, 0.4) is 0 Å². The Bertz CT molecular complexity index is 1220. The van der Waals surface area contributed by atoms with Crippen molar-refractivity contribution >= 4 is 42.0 Å². The van der Waals surface area contributed by atoms with Gasteiger partial charge in [-0.3, -0.25) is 0 Å². The first-order chi connectivity index (χ1) is 13.1. The summed E-state index contributed by atoms with van der Waals surface area (Å²) in [4.78, 5) is 4.17. The minimum absolute atomic E-state index is 0.147. The Kier molecular flexibility index (Phi) is 5.53. The van der Waals surface area contributed by atoms with E-state index in [4.69, 9.17) is 0 Å². The number of aromatic nitrogens is 1. The number of benzene rings is 2. The molecule has 0 aliphatic carbocycles. The monoisotopic (exact) mass is 441 g/mol. The minimum Gasteiger partial charge on any atom is -0.331 e. The summed E-state index contributed by atoms with van der Waals surface area (Å²) in [7, 11) is -5.80. The third kappa shape index (κ3) is 4.38. The lowest BCUT2D eigenvalue weighted by molar-refractivity contribution is 0.571. The van der Waals surface area contributed by atoms with Crippen LogP contribution >= 0.6 is 11.3 Å². The zero-order valence-electron chi connectivity index (χ0n) is 14.8. The summed E-state index contributed by atoms with van der Waals surface area (Å²) in [5, 5.41) is 5.17. The van der Waals surface area contributed by atoms with Crippen LogP contribution in [0.25, 0.3) is 11.3 Å². The van der Waals surface area contributed by atoms with Crippen LogP contribution in [0.5, 0.6) is 0 Å². The number of anilines is 2. The number of hydrogen-bond acceptors (Lipinski definition) is 7. The first-order valence-corrected chi connectivity index (χ1v) is 12.1. The van der Waals surface area contributed by atoms with Gasteiger partial charge in [-0.25, -0.2) is 30.9 Å². The van der Waals surface area contributed by atoms with Gasteiger partial charge in [-0.2, -0.15) is 0 Å². The molecule has 0 spiro atoms. The van der Waals surface area contributed by atoms with Crippen LogP contribution in [0.4, 0.5) is 15.2 Å². The molecule has 3 rings (SSSR count). The van der Waals surface area contributed by atoms with E-state index in [2.05, 4.69) is 15.0 Å². The molecule has 0 amide bonds. The smallest absolute Gasteiger partial charge is 0.240 e. The summed E-state index contributed by atoms with van der Waals surface area (Å²) in [6.07, 6.45) is 0.943. The average Bonchev–Trinajstić information content (AvgIpc) is 3.09. The first kappa shape index (κ1) is 20.4. The predicted molar refractivity (Wildman–Crippen MR) is 107 cm³/mol. The second-order valence-electron chi connectivity index (χ2n) is 5.81. The molecule has 11 heteroatoms. The number of nitrogens with zero attached hydrogens (tertiary/aromatic N) is 1. The van der Waals surface area contributed by atoms with E-state index < -0.39 is 25.7 Å². The summed E-state index contributed by atoms with van der Waals surface area (Å²) in [5.41, 5.74) is 1.70. The number of halogens is 1. The maximum absolute atomic E-state index is 14.0. The normalized spacial score (nSPS) is 12.1. The van der Waals surface area contributed by atoms with Gasteiger partial charge in [0.25, 0.3) is 0 Å². The van der Waals surface area contributed by atoms with Crippen molar-refractivity contribution < 1.29 is 21.2 Å². The number of hydrogen-bond donors (Lipinski definition) is 2. The second-order valence-corrected chi connectivity index (χ2v) is 10.5. The van der Waals surface area contributed by atoms with Gasteiger partial charge in [-0.1, -0.05) is 12.1 Å². The summed E-state index contributed by atoms with van der Waals surface area (Å²) in [6, 6.07) is 9.99. The van der Waals surface area contributed by atoms with Gasteiger partial charge < -0.3 is 5.32 Å². The summed E-state index contributed by atoms with van der Waals surface area (Å²) < 4.78 is 62.7. The van der Waals surface area contributed by atoms with Crippen molar-refractivity contribution in [3.63, 3.8) is 0 Å². The van der Waals surface area contributed by atoms with Gasteiger partial charge in [0.15, 0.2) is 15.0 Å². The third-order valence-electron chi connectivity index (χ3n) is 3.82. The van der Waals surface area contributed by atoms with Gasteiger partial charge in [-0.05, 0) is 37.4 Å². The van der Waals surface area contributed by atoms with Crippen molar-refractivity contribution in [3.05, 3.63) is 53.7 Å². The molecule has 3 aromatic rings. The van der Waals surface area contributed by atoms with Gasteiger partial charge in [0.1, 0.15) is 10.7 Å². The van der Waals surface area contributed by atoms with Crippen LogP contribution < -0.4 is 10.0 Å². The van der Waals surface area contributed by atoms with Gasteiger partial charge in [0.05, 0.1) is 10.6 Å². The van der Waals surface area contributed by atoms with Crippen LogP contribution in [0.15, 0.2) is 57.6 Å². The minimum atomic E-state index is -3.63. The largest absolute Gasteiger partial charge is 0.331 e. The molecule has 0 aliphatic heterocycles. The van der Waals surface area contributed by atoms with E-state index in [0.717, 1.165) is 17.9 Å². The number of sulfonamides is 1. The molecule has 148 valence electrons. The van der Waals surface area contributed by atoms with Crippen molar-refractivity contribution in [2.75, 3.05) is 18.6 Å². The fraction of sp³-hybridized carbons (Fsp3) is 0.118. The van der Waals surface area contributed by atoms with Crippen molar-refractivity contribution in [3.8, 4) is 11.3 Å². The maximum atomic E-state index is 14.0. The van der Waals surface area contributed by atoms with E-state index in [1.165, 1.54) is 42.6 Å². The highest BCUT2D eigenvalue weighted by Gasteiger charge is 2.15. The number of sulfone groups is 1. The highest BCUT2D eigenvalue weighted by molar-refractivity contribution is 7.90. The van der Waals surface area contributed by atoms with Gasteiger partial charge >= 0.3 is 0 Å². The Morgan fingerprint density at radius 3 is 2.29 bits per heavy atom. The van der Waals surface area contributed by atoms with E-state index in [-0.39, 0.29) is 9.79 Å². The SMILES string of the molecule is CNS(=O)(=O)c1ccc(-c2csc(Nc3ccc(S(C)(=O)=O)c(F)c3)n2)cc1. The first-order valence-electron chi connectivity index (χ1n) is 7.86. The predicted octanol–water partition coefficient (Wildman–Crippen LogP) is 3.00. The molecule has 1 heterocycles. The molecule has 0 bridgehead atoms. The number of rotatable bonds is 6. The number of thiazole rings is 1. The van der Waals surface area contributed by atoms with Crippen molar-refractivity contribution in [1.29, 1.82) is 0 Å². The van der Waals surface area contributed by atoms with Gasteiger partial charge in [0.2, 0.25) is 10.0 Å². The zero-order chi connectivity index (χ0) is 20.5. The molecule has 28 heavy (non-hydrogen) atoms. The molecular formula is C17H16FN3O4S3. The lowest BCUT2D eigenvalue weighted by Gasteiger charge is -2.05. The highest BCUT2D eigenvalue weighted by atomic mass is 32.2. The lowest BCUT2D eigenvalue weighted by atomic mass is 10.2. The molecule has 0 saturated heterocycles. The molecule has 7 nitrogen and oxygen atoms in total. The van der Waals surface area contributed by atoms with Crippen LogP contribution in [0.1, 0.15) is 0 Å². The fourth-order valence-corrected chi connectivity index (χ4v) is 4.59. The Balaban J connectivity index is 1.80. The van der Waals surface area contributed by atoms with E-state index in [9.17, 15) is 21.2 Å². The summed E-state index contributed by atoms with van der Waals surface area (Å²) in [6.45, 7) is 0. The standard InChI is InChI=1S/C17H16FN3O4S3/c1-19-28(24,25)13-6-3-11(4-7-13)15-10-26-17(21-15)20-12-5-8-16(14(18)9-12)27(2,22)23/h3-10,19H,1-2H3,(H,20,21). The zero-order valence-corrected chi connectivity index (χ0v) is 17.3. The van der Waals surface area contributed by atoms with E-state index in [1.807, 2.05) is 0 Å². The van der Waals surface area contributed by atoms with Gasteiger partial charge in [0, 0.05) is 22.9 Å². The molecule has 0 fully saturated rings. The molecule has 0 saturated carbocycles. The molecule has 0 radical (unpaired) electrons. The molecule has 2 aromatic carbocycles. The Labute approximate surface area is 166 Å². The molecule has 0 unspecified atom stereocenters. The van der Waals surface area contributed by atoms with Crippen LogP contribution in [0, 0.1) is 5.82 Å². The quantitative estimate of drug-likeness (QED) is 0.609. The summed E-state index contributed by atoms with van der Waals surface area (Å²) in [5.74, 6) is -0.842. The molecule has 2 N–H and O–H groups in total. The molecule has 0 atom stereocenters. The summed E-state index contributed by atoms with van der Waals surface area (Å²) >= 11 is 1.28. The third-order valence-corrected chi connectivity index (χ3v) is 7.13. The topological polar surface area (TPSA) is 105 Å². The Morgan fingerprint density at radius 1 is 1.04 bits per heavy atom. The Morgan fingerprint density at radius 2 is 1.71 bits per heavy atom. The Hall–Kier alpha value is -2.34. The van der Waals surface area contributed by atoms with Gasteiger partial charge in [-0.15, -0.1) is 11.3 Å². The molecule has 1 aromatic heterocycles. The van der Waals surface area contributed by atoms with Crippen LogP contribution in [-0.2, 0) is 19.9 Å². The number of nitrogens with one attached hydrogen (secondary N) is 2.